The highest BCUT2D eigenvalue weighted by Gasteiger charge is 2.32. The normalized spacial score (nSPS) is 15.5. The van der Waals surface area contributed by atoms with E-state index in [9.17, 15) is 22.4 Å². The first-order valence-electron chi connectivity index (χ1n) is 12.2. The Morgan fingerprint density at radius 2 is 1.86 bits per heavy atom. The molecule has 1 aromatic heterocycles. The van der Waals surface area contributed by atoms with Gasteiger partial charge in [-0.25, -0.2) is 19.0 Å². The summed E-state index contributed by atoms with van der Waals surface area (Å²) in [5.41, 5.74) is 4.87. The summed E-state index contributed by atoms with van der Waals surface area (Å²) < 4.78 is 56.8. The zero-order valence-corrected chi connectivity index (χ0v) is 23.4. The van der Waals surface area contributed by atoms with Crippen LogP contribution < -0.4 is 15.1 Å². The molecular formula is C27H21F4N7O2S2. The molecular weight excluding hydrogens is 594 g/mol. The average Bonchev–Trinajstić information content (AvgIpc) is 3.57. The number of nitrogens with zero attached hydrogens (tertiary/aromatic N) is 6. The van der Waals surface area contributed by atoms with E-state index >= 15 is 0 Å². The number of nitrogens with one attached hydrogen (secondary N) is 1. The predicted octanol–water partition coefficient (Wildman–Crippen LogP) is 5.55. The fraction of sp³-hybridized carbons (Fsp3) is 0.148. The van der Waals surface area contributed by atoms with Crippen LogP contribution in [0.4, 0.5) is 23.2 Å². The standard InChI is InChI=1S/C27H21F4N7O2S2/c1-16-2-11-21(28)22(12-16)38-23(39)14-42-26(38)34-25(41)35-33-13-17-3-5-18(6-4-17)24-32-15-37(36-24)19-7-9-20(10-8-19)40-27(29,30)31/h2-13,15,25,35,41H,14H2,1H3/b33-13+,34-26-. The van der Waals surface area contributed by atoms with E-state index in [4.69, 9.17) is 0 Å². The van der Waals surface area contributed by atoms with Crippen LogP contribution in [0.15, 0.2) is 83.2 Å². The second kappa shape index (κ2) is 12.2. The lowest BCUT2D eigenvalue weighted by Crippen LogP contribution is -2.32. The van der Waals surface area contributed by atoms with Crippen LogP contribution in [0.1, 0.15) is 11.1 Å². The lowest BCUT2D eigenvalue weighted by atomic mass is 10.1. The second-order valence-corrected chi connectivity index (χ2v) is 10.3. The van der Waals surface area contributed by atoms with Gasteiger partial charge in [0.1, 0.15) is 17.9 Å². The number of thioether (sulfide) groups is 1. The molecule has 2 heterocycles. The van der Waals surface area contributed by atoms with Gasteiger partial charge in [0.2, 0.25) is 5.91 Å². The number of benzene rings is 3. The number of anilines is 1. The van der Waals surface area contributed by atoms with Gasteiger partial charge in [-0.15, -0.1) is 30.9 Å². The Morgan fingerprint density at radius 1 is 1.12 bits per heavy atom. The number of ether oxygens (including phenoxy) is 1. The smallest absolute Gasteiger partial charge is 0.406 e. The molecule has 15 heteroatoms. The molecule has 0 saturated carbocycles. The Morgan fingerprint density at radius 3 is 2.57 bits per heavy atom. The van der Waals surface area contributed by atoms with Gasteiger partial charge in [0.15, 0.2) is 16.5 Å². The quantitative estimate of drug-likeness (QED) is 0.0887. The van der Waals surface area contributed by atoms with E-state index in [2.05, 4.69) is 43.0 Å². The molecule has 5 rings (SSSR count). The summed E-state index contributed by atoms with van der Waals surface area (Å²) >= 11 is 5.55. The summed E-state index contributed by atoms with van der Waals surface area (Å²) in [6, 6.07) is 16.9. The van der Waals surface area contributed by atoms with Crippen molar-refractivity contribution in [3.05, 3.63) is 90.0 Å². The fourth-order valence-corrected chi connectivity index (χ4v) is 4.98. The monoisotopic (exact) mass is 615 g/mol. The van der Waals surface area contributed by atoms with Crippen molar-refractivity contribution in [1.29, 1.82) is 0 Å². The van der Waals surface area contributed by atoms with Crippen LogP contribution in [0, 0.1) is 12.7 Å². The van der Waals surface area contributed by atoms with Crippen molar-refractivity contribution in [2.24, 2.45) is 10.1 Å². The number of thiol groups is 1. The summed E-state index contributed by atoms with van der Waals surface area (Å²) in [6.07, 6.45) is -1.76. The van der Waals surface area contributed by atoms with Crippen LogP contribution in [-0.2, 0) is 4.79 Å². The number of amidine groups is 1. The van der Waals surface area contributed by atoms with Crippen molar-refractivity contribution in [2.45, 2.75) is 18.8 Å². The highest BCUT2D eigenvalue weighted by atomic mass is 32.2. The first-order valence-corrected chi connectivity index (χ1v) is 13.7. The van der Waals surface area contributed by atoms with E-state index in [0.29, 0.717) is 22.2 Å². The van der Waals surface area contributed by atoms with E-state index in [1.807, 2.05) is 6.92 Å². The minimum absolute atomic E-state index is 0.138. The Bertz CT molecular complexity index is 1640. The number of aromatic nitrogens is 3. The maximum Gasteiger partial charge on any atom is 0.573 e. The summed E-state index contributed by atoms with van der Waals surface area (Å²) in [6.45, 7) is 1.81. The fourth-order valence-electron chi connectivity index (χ4n) is 3.84. The number of hydrogen-bond donors (Lipinski definition) is 2. The van der Waals surface area contributed by atoms with Crippen LogP contribution in [0.25, 0.3) is 17.1 Å². The largest absolute Gasteiger partial charge is 0.573 e. The highest BCUT2D eigenvalue weighted by Crippen LogP contribution is 2.30. The van der Waals surface area contributed by atoms with Crippen molar-refractivity contribution >= 4 is 47.4 Å². The Hall–Kier alpha value is -4.37. The number of rotatable bonds is 8. The summed E-state index contributed by atoms with van der Waals surface area (Å²) in [4.78, 5) is 22.3. The second-order valence-electron chi connectivity index (χ2n) is 8.82. The van der Waals surface area contributed by atoms with Crippen molar-refractivity contribution in [2.75, 3.05) is 10.7 Å². The van der Waals surface area contributed by atoms with E-state index in [1.165, 1.54) is 58.0 Å². The zero-order chi connectivity index (χ0) is 29.9. The van der Waals surface area contributed by atoms with Crippen molar-refractivity contribution < 1.29 is 27.1 Å². The van der Waals surface area contributed by atoms with E-state index in [-0.39, 0.29) is 23.1 Å². The van der Waals surface area contributed by atoms with Gasteiger partial charge in [0.05, 0.1) is 23.3 Å². The molecule has 0 aliphatic carbocycles. The van der Waals surface area contributed by atoms with Gasteiger partial charge in [-0.05, 0) is 54.4 Å². The Labute approximate surface area is 246 Å². The molecule has 216 valence electrons. The first-order chi connectivity index (χ1) is 20.1. The van der Waals surface area contributed by atoms with Crippen molar-refractivity contribution in [3.8, 4) is 22.8 Å². The van der Waals surface area contributed by atoms with E-state index in [1.54, 1.807) is 42.6 Å². The minimum atomic E-state index is -4.76. The Balaban J connectivity index is 1.20. The van der Waals surface area contributed by atoms with Crippen molar-refractivity contribution in [3.63, 3.8) is 0 Å². The molecule has 1 aliphatic rings. The predicted molar refractivity (Wildman–Crippen MR) is 155 cm³/mol. The molecule has 1 N–H and O–H groups in total. The maximum absolute atomic E-state index is 14.4. The third-order valence-corrected chi connectivity index (χ3v) is 6.91. The number of carbonyl (C=O) groups is 1. The molecule has 1 unspecified atom stereocenters. The number of amides is 1. The van der Waals surface area contributed by atoms with Gasteiger partial charge in [-0.3, -0.25) is 15.1 Å². The molecule has 1 fully saturated rings. The first kappa shape index (κ1) is 29.1. The molecule has 0 spiro atoms. The van der Waals surface area contributed by atoms with Gasteiger partial charge >= 0.3 is 6.36 Å². The molecule has 0 bridgehead atoms. The SMILES string of the molecule is Cc1ccc(F)c(N2C(=O)CS/C2=N\C(S)N/N=C/c2ccc(-c3ncn(-c4ccc(OC(F)(F)F)cc4)n3)cc2)c1. The van der Waals surface area contributed by atoms with Gasteiger partial charge in [-0.1, -0.05) is 42.1 Å². The number of halogens is 4. The van der Waals surface area contributed by atoms with Gasteiger partial charge < -0.3 is 4.74 Å². The van der Waals surface area contributed by atoms with Crippen LogP contribution in [-0.4, -0.2) is 49.7 Å². The number of hydrogen-bond acceptors (Lipinski definition) is 9. The molecule has 0 radical (unpaired) electrons. The molecule has 42 heavy (non-hydrogen) atoms. The molecule has 1 amide bonds. The summed E-state index contributed by atoms with van der Waals surface area (Å²) in [5.74, 6) is -0.581. The third-order valence-electron chi connectivity index (χ3n) is 5.74. The molecule has 4 aromatic rings. The topological polar surface area (TPSA) is 97.0 Å². The lowest BCUT2D eigenvalue weighted by molar-refractivity contribution is -0.274. The van der Waals surface area contributed by atoms with Crippen LogP contribution in [0.2, 0.25) is 0 Å². The number of hydrazone groups is 1. The lowest BCUT2D eigenvalue weighted by Gasteiger charge is -2.18. The zero-order valence-electron chi connectivity index (χ0n) is 21.7. The van der Waals surface area contributed by atoms with Crippen LogP contribution in [0.3, 0.4) is 0 Å². The van der Waals surface area contributed by atoms with Crippen LogP contribution in [0.5, 0.6) is 5.75 Å². The van der Waals surface area contributed by atoms with Gasteiger partial charge in [0, 0.05) is 5.56 Å². The number of carbonyl (C=O) groups excluding carboxylic acids is 1. The number of alkyl halides is 3. The van der Waals surface area contributed by atoms with E-state index < -0.39 is 17.7 Å². The molecule has 9 nitrogen and oxygen atoms in total. The molecule has 3 aromatic carbocycles. The minimum Gasteiger partial charge on any atom is -0.406 e. The third kappa shape index (κ3) is 7.09. The molecule has 1 atom stereocenters. The van der Waals surface area contributed by atoms with Crippen LogP contribution >= 0.6 is 24.4 Å². The van der Waals surface area contributed by atoms with Crippen molar-refractivity contribution in [1.82, 2.24) is 20.2 Å². The number of aryl methyl sites for hydroxylation is 1. The van der Waals surface area contributed by atoms with E-state index in [0.717, 1.165) is 11.1 Å². The molecule has 1 aliphatic heterocycles. The van der Waals surface area contributed by atoms with Gasteiger partial charge in [-0.2, -0.15) is 5.10 Å². The summed E-state index contributed by atoms with van der Waals surface area (Å²) in [7, 11) is 0. The maximum atomic E-state index is 14.4. The molecule has 1 saturated heterocycles. The Kier molecular flexibility index (Phi) is 8.49. The number of aliphatic imine (C=N–C) groups is 1. The summed E-state index contributed by atoms with van der Waals surface area (Å²) in [5, 5.41) is 8.84. The van der Waals surface area contributed by atoms with Gasteiger partial charge in [0.25, 0.3) is 0 Å². The highest BCUT2D eigenvalue weighted by molar-refractivity contribution is 8.15. The average molecular weight is 616 g/mol.